The van der Waals surface area contributed by atoms with Crippen molar-refractivity contribution in [1.82, 2.24) is 0 Å². The molecule has 0 amide bonds. The average molecular weight is 276 g/mol. The zero-order chi connectivity index (χ0) is 13.8. The molecule has 19 heavy (non-hydrogen) atoms. The van der Waals surface area contributed by atoms with Crippen molar-refractivity contribution < 1.29 is 9.90 Å². The normalized spacial score (nSPS) is 13.9. The van der Waals surface area contributed by atoms with Gasteiger partial charge < -0.3 is 10.0 Å². The fraction of sp³-hybridized carbons (Fsp3) is 0.429. The Kier molecular flexibility index (Phi) is 4.33. The number of carboxylic acids is 1. The van der Waals surface area contributed by atoms with E-state index in [2.05, 4.69) is 11.0 Å². The molecule has 5 heteroatoms. The lowest BCUT2D eigenvalue weighted by Gasteiger charge is -2.25. The van der Waals surface area contributed by atoms with Gasteiger partial charge in [-0.2, -0.15) is 5.26 Å². The minimum absolute atomic E-state index is 0.102. The van der Waals surface area contributed by atoms with Gasteiger partial charge in [-0.15, -0.1) is 11.8 Å². The van der Waals surface area contributed by atoms with Crippen LogP contribution in [0.2, 0.25) is 0 Å². The van der Waals surface area contributed by atoms with Crippen LogP contribution in [0.25, 0.3) is 0 Å². The van der Waals surface area contributed by atoms with Crippen molar-refractivity contribution >= 4 is 23.4 Å². The van der Waals surface area contributed by atoms with Crippen LogP contribution in [-0.4, -0.2) is 29.9 Å². The average Bonchev–Trinajstić information content (AvgIpc) is 3.22. The van der Waals surface area contributed by atoms with E-state index in [1.807, 2.05) is 24.5 Å². The van der Waals surface area contributed by atoms with Gasteiger partial charge in [0.05, 0.1) is 17.7 Å². The summed E-state index contributed by atoms with van der Waals surface area (Å²) in [4.78, 5) is 13.8. The summed E-state index contributed by atoms with van der Waals surface area (Å²) in [5.41, 5.74) is 1.53. The number of nitrogens with zero attached hydrogens (tertiary/aromatic N) is 2. The highest BCUT2D eigenvalue weighted by Gasteiger charge is 2.31. The van der Waals surface area contributed by atoms with Crippen molar-refractivity contribution in [1.29, 1.82) is 5.26 Å². The largest absolute Gasteiger partial charge is 0.481 e. The number of nitriles is 1. The highest BCUT2D eigenvalue weighted by Crippen LogP contribution is 2.36. The molecule has 2 rings (SSSR count). The third kappa shape index (κ3) is 3.21. The lowest BCUT2D eigenvalue weighted by Crippen LogP contribution is -2.29. The molecule has 1 aromatic rings. The second-order valence-electron chi connectivity index (χ2n) is 4.53. The molecule has 1 N–H and O–H groups in total. The summed E-state index contributed by atoms with van der Waals surface area (Å²) < 4.78 is 0. The molecule has 0 aromatic heterocycles. The monoisotopic (exact) mass is 276 g/mol. The number of carboxylic acid groups (broad SMARTS) is 1. The zero-order valence-electron chi connectivity index (χ0n) is 10.8. The van der Waals surface area contributed by atoms with Gasteiger partial charge in [0.1, 0.15) is 6.07 Å². The van der Waals surface area contributed by atoms with Gasteiger partial charge in [-0.05, 0) is 31.2 Å². The van der Waals surface area contributed by atoms with Crippen molar-refractivity contribution in [2.45, 2.75) is 30.2 Å². The maximum atomic E-state index is 10.8. The SMILES string of the molecule is CSc1cccc(N(CCC(=O)O)C2CC2)c1C#N. The summed E-state index contributed by atoms with van der Waals surface area (Å²) >= 11 is 1.54. The molecule has 1 aromatic carbocycles. The minimum atomic E-state index is -0.801. The van der Waals surface area contributed by atoms with E-state index in [0.29, 0.717) is 18.2 Å². The third-order valence-electron chi connectivity index (χ3n) is 3.20. The predicted octanol–water partition coefficient (Wildman–Crippen LogP) is 2.72. The molecule has 1 aliphatic carbocycles. The van der Waals surface area contributed by atoms with E-state index in [0.717, 1.165) is 23.4 Å². The summed E-state index contributed by atoms with van der Waals surface area (Å²) in [6.07, 6.45) is 4.20. The first kappa shape index (κ1) is 13.8. The van der Waals surface area contributed by atoms with Crippen LogP contribution in [0.15, 0.2) is 23.1 Å². The molecule has 0 atom stereocenters. The molecule has 0 heterocycles. The van der Waals surface area contributed by atoms with Gasteiger partial charge in [-0.1, -0.05) is 6.07 Å². The van der Waals surface area contributed by atoms with Crippen molar-refractivity contribution in [3.8, 4) is 6.07 Å². The first-order chi connectivity index (χ1) is 9.17. The molecule has 100 valence electrons. The molecule has 4 nitrogen and oxygen atoms in total. The Balaban J connectivity index is 2.31. The molecule has 0 bridgehead atoms. The van der Waals surface area contributed by atoms with E-state index < -0.39 is 5.97 Å². The summed E-state index contributed by atoms with van der Waals surface area (Å²) in [5.74, 6) is -0.801. The van der Waals surface area contributed by atoms with E-state index in [4.69, 9.17) is 5.11 Å². The first-order valence-corrected chi connectivity index (χ1v) is 7.45. The number of carbonyl (C=O) groups is 1. The van der Waals surface area contributed by atoms with Crippen LogP contribution in [0.3, 0.4) is 0 Å². The second kappa shape index (κ2) is 5.98. The standard InChI is InChI=1S/C14H16N2O2S/c1-19-13-4-2-3-12(11(13)9-15)16(10-5-6-10)8-7-14(17)18/h2-4,10H,5-8H2,1H3,(H,17,18). The summed E-state index contributed by atoms with van der Waals surface area (Å²) in [6.45, 7) is 0.465. The molecular weight excluding hydrogens is 260 g/mol. The maximum absolute atomic E-state index is 10.8. The predicted molar refractivity (Wildman–Crippen MR) is 75.6 cm³/mol. The van der Waals surface area contributed by atoms with Crippen molar-refractivity contribution in [3.05, 3.63) is 23.8 Å². The first-order valence-electron chi connectivity index (χ1n) is 6.23. The molecule has 1 aliphatic rings. The van der Waals surface area contributed by atoms with Crippen molar-refractivity contribution in [3.63, 3.8) is 0 Å². The minimum Gasteiger partial charge on any atom is -0.481 e. The molecule has 0 aliphatic heterocycles. The van der Waals surface area contributed by atoms with Crippen LogP contribution >= 0.6 is 11.8 Å². The van der Waals surface area contributed by atoms with Gasteiger partial charge in [0.15, 0.2) is 0 Å². The van der Waals surface area contributed by atoms with Gasteiger partial charge >= 0.3 is 5.97 Å². The van der Waals surface area contributed by atoms with Gasteiger partial charge in [0.2, 0.25) is 0 Å². The number of rotatable bonds is 6. The van der Waals surface area contributed by atoms with Crippen molar-refractivity contribution in [2.75, 3.05) is 17.7 Å². The number of hydrogen-bond acceptors (Lipinski definition) is 4. The molecule has 1 saturated carbocycles. The van der Waals surface area contributed by atoms with Crippen LogP contribution in [0.4, 0.5) is 5.69 Å². The maximum Gasteiger partial charge on any atom is 0.305 e. The second-order valence-corrected chi connectivity index (χ2v) is 5.38. The molecular formula is C14H16N2O2S. The number of anilines is 1. The molecule has 0 radical (unpaired) electrons. The highest BCUT2D eigenvalue weighted by atomic mass is 32.2. The van der Waals surface area contributed by atoms with Crippen LogP contribution in [0.5, 0.6) is 0 Å². The van der Waals surface area contributed by atoms with Crippen LogP contribution in [-0.2, 0) is 4.79 Å². The number of benzene rings is 1. The molecule has 0 saturated heterocycles. The fourth-order valence-electron chi connectivity index (χ4n) is 2.14. The van der Waals surface area contributed by atoms with E-state index in [1.54, 1.807) is 11.8 Å². The number of thioether (sulfide) groups is 1. The van der Waals surface area contributed by atoms with Gasteiger partial charge in [-0.3, -0.25) is 4.79 Å². The molecule has 0 spiro atoms. The van der Waals surface area contributed by atoms with Crippen LogP contribution in [0, 0.1) is 11.3 Å². The zero-order valence-corrected chi connectivity index (χ0v) is 11.6. The summed E-state index contributed by atoms with van der Waals surface area (Å²) in [7, 11) is 0. The third-order valence-corrected chi connectivity index (χ3v) is 3.98. The Morgan fingerprint density at radius 2 is 2.32 bits per heavy atom. The van der Waals surface area contributed by atoms with Gasteiger partial charge in [0.25, 0.3) is 0 Å². The Hall–Kier alpha value is -1.67. The Labute approximate surface area is 117 Å². The highest BCUT2D eigenvalue weighted by molar-refractivity contribution is 7.98. The quantitative estimate of drug-likeness (QED) is 0.809. The molecule has 0 unspecified atom stereocenters. The summed E-state index contributed by atoms with van der Waals surface area (Å²) in [6, 6.07) is 8.42. The lowest BCUT2D eigenvalue weighted by atomic mass is 10.1. The number of aliphatic carboxylic acids is 1. The molecule has 1 fully saturated rings. The topological polar surface area (TPSA) is 64.3 Å². The Bertz CT molecular complexity index is 521. The van der Waals surface area contributed by atoms with E-state index in [1.165, 1.54) is 0 Å². The lowest BCUT2D eigenvalue weighted by molar-refractivity contribution is -0.136. The fourth-order valence-corrected chi connectivity index (χ4v) is 2.71. The Morgan fingerprint density at radius 3 is 2.84 bits per heavy atom. The smallest absolute Gasteiger partial charge is 0.305 e. The summed E-state index contributed by atoms with van der Waals surface area (Å²) in [5, 5.41) is 18.2. The van der Waals surface area contributed by atoms with E-state index in [-0.39, 0.29) is 6.42 Å². The van der Waals surface area contributed by atoms with Gasteiger partial charge in [0, 0.05) is 17.5 Å². The van der Waals surface area contributed by atoms with E-state index in [9.17, 15) is 10.1 Å². The van der Waals surface area contributed by atoms with Crippen molar-refractivity contribution in [2.24, 2.45) is 0 Å². The Morgan fingerprint density at radius 1 is 1.58 bits per heavy atom. The van der Waals surface area contributed by atoms with Crippen LogP contribution < -0.4 is 4.90 Å². The van der Waals surface area contributed by atoms with E-state index >= 15 is 0 Å². The van der Waals surface area contributed by atoms with Crippen LogP contribution in [0.1, 0.15) is 24.8 Å². The number of hydrogen-bond donors (Lipinski definition) is 1. The van der Waals surface area contributed by atoms with Gasteiger partial charge in [-0.25, -0.2) is 0 Å².